The van der Waals surface area contributed by atoms with Crippen LogP contribution in [0.2, 0.25) is 0 Å². The first-order valence-corrected chi connectivity index (χ1v) is 3.43. The predicted octanol–water partition coefficient (Wildman–Crippen LogP) is 0.0109. The van der Waals surface area contributed by atoms with Crippen molar-refractivity contribution in [2.24, 2.45) is 11.5 Å². The molecule has 5 N–H and O–H groups in total. The number of dihydropyridines is 1. The molecule has 0 fully saturated rings. The van der Waals surface area contributed by atoms with Gasteiger partial charge in [0.1, 0.15) is 0 Å². The molecular formula is C7H13N3. The van der Waals surface area contributed by atoms with Gasteiger partial charge in [-0.25, -0.2) is 0 Å². The van der Waals surface area contributed by atoms with Crippen LogP contribution in [0.5, 0.6) is 0 Å². The van der Waals surface area contributed by atoms with Crippen LogP contribution in [0.3, 0.4) is 0 Å². The summed E-state index contributed by atoms with van der Waals surface area (Å²) in [5, 5.41) is 3.11. The zero-order valence-corrected chi connectivity index (χ0v) is 6.09. The van der Waals surface area contributed by atoms with E-state index >= 15 is 0 Å². The van der Waals surface area contributed by atoms with E-state index in [1.807, 2.05) is 6.08 Å². The van der Waals surface area contributed by atoms with Crippen LogP contribution < -0.4 is 16.8 Å². The van der Waals surface area contributed by atoms with Crippen molar-refractivity contribution in [2.75, 3.05) is 0 Å². The highest BCUT2D eigenvalue weighted by Gasteiger charge is 2.07. The molecule has 1 atom stereocenters. The summed E-state index contributed by atoms with van der Waals surface area (Å²) in [5.74, 6) is 0. The van der Waals surface area contributed by atoms with Crippen LogP contribution in [0, 0.1) is 0 Å². The number of hydrogen-bond donors (Lipinski definition) is 3. The van der Waals surface area contributed by atoms with Crippen LogP contribution in [0.4, 0.5) is 0 Å². The Morgan fingerprint density at radius 3 is 2.70 bits per heavy atom. The summed E-state index contributed by atoms with van der Waals surface area (Å²) < 4.78 is 0. The minimum Gasteiger partial charge on any atom is -0.397 e. The molecular weight excluding hydrogens is 126 g/mol. The summed E-state index contributed by atoms with van der Waals surface area (Å²) in [4.78, 5) is 0. The van der Waals surface area contributed by atoms with Gasteiger partial charge in [0, 0.05) is 12.2 Å². The average molecular weight is 139 g/mol. The standard InChI is InChI=1S/C7H13N3/c1-2-5-3-6(8)7(9)4-10-5/h3-5,10H,2,8-9H2,1H3. The second-order valence-corrected chi connectivity index (χ2v) is 2.40. The Balaban J connectivity index is 2.66. The Morgan fingerprint density at radius 1 is 1.50 bits per heavy atom. The second-order valence-electron chi connectivity index (χ2n) is 2.40. The van der Waals surface area contributed by atoms with Crippen LogP contribution in [0.1, 0.15) is 13.3 Å². The van der Waals surface area contributed by atoms with Crippen molar-refractivity contribution in [2.45, 2.75) is 19.4 Å². The maximum atomic E-state index is 5.57. The fourth-order valence-corrected chi connectivity index (χ4v) is 0.877. The van der Waals surface area contributed by atoms with Gasteiger partial charge in [0.2, 0.25) is 0 Å². The molecule has 0 aliphatic carbocycles. The van der Waals surface area contributed by atoms with Crippen LogP contribution >= 0.6 is 0 Å². The minimum absolute atomic E-state index is 0.354. The Labute approximate surface area is 60.8 Å². The smallest absolute Gasteiger partial charge is 0.0704 e. The molecule has 0 bridgehead atoms. The average Bonchev–Trinajstić information content (AvgIpc) is 1.95. The van der Waals surface area contributed by atoms with E-state index in [-0.39, 0.29) is 0 Å². The number of hydrogen-bond acceptors (Lipinski definition) is 3. The van der Waals surface area contributed by atoms with Gasteiger partial charge in [-0.2, -0.15) is 0 Å². The molecule has 0 spiro atoms. The van der Waals surface area contributed by atoms with Gasteiger partial charge in [0.25, 0.3) is 0 Å². The molecule has 1 rings (SSSR count). The monoisotopic (exact) mass is 139 g/mol. The van der Waals surface area contributed by atoms with Gasteiger partial charge >= 0.3 is 0 Å². The maximum Gasteiger partial charge on any atom is 0.0704 e. The molecule has 1 aliphatic heterocycles. The highest BCUT2D eigenvalue weighted by molar-refractivity contribution is 5.29. The van der Waals surface area contributed by atoms with Crippen molar-refractivity contribution < 1.29 is 0 Å². The molecule has 0 aromatic carbocycles. The zero-order valence-electron chi connectivity index (χ0n) is 6.09. The largest absolute Gasteiger partial charge is 0.397 e. The quantitative estimate of drug-likeness (QED) is 0.479. The van der Waals surface area contributed by atoms with Gasteiger partial charge in [-0.05, 0) is 12.5 Å². The van der Waals surface area contributed by atoms with E-state index in [1.165, 1.54) is 0 Å². The molecule has 3 heteroatoms. The SMILES string of the molecule is CCC1C=C(N)C(N)=CN1. The van der Waals surface area contributed by atoms with E-state index in [4.69, 9.17) is 11.5 Å². The summed E-state index contributed by atoms with van der Waals surface area (Å²) in [6.45, 7) is 2.09. The van der Waals surface area contributed by atoms with Crippen molar-refractivity contribution in [3.8, 4) is 0 Å². The normalized spacial score (nSPS) is 24.7. The molecule has 0 amide bonds. The number of nitrogens with two attached hydrogens (primary N) is 2. The lowest BCUT2D eigenvalue weighted by molar-refractivity contribution is 0.657. The topological polar surface area (TPSA) is 64.1 Å². The third kappa shape index (κ3) is 1.23. The van der Waals surface area contributed by atoms with E-state index in [0.717, 1.165) is 6.42 Å². The van der Waals surface area contributed by atoms with Gasteiger partial charge in [0.05, 0.1) is 11.4 Å². The highest BCUT2D eigenvalue weighted by Crippen LogP contribution is 2.05. The third-order valence-electron chi connectivity index (χ3n) is 1.61. The maximum absolute atomic E-state index is 5.57. The first-order chi connectivity index (χ1) is 4.74. The molecule has 56 valence electrons. The van der Waals surface area contributed by atoms with Gasteiger partial charge in [-0.1, -0.05) is 6.92 Å². The molecule has 3 nitrogen and oxygen atoms in total. The van der Waals surface area contributed by atoms with Crippen LogP contribution in [0.15, 0.2) is 23.7 Å². The minimum atomic E-state index is 0.354. The molecule has 0 saturated carbocycles. The van der Waals surface area contributed by atoms with Crippen LogP contribution in [0.25, 0.3) is 0 Å². The van der Waals surface area contributed by atoms with E-state index in [1.54, 1.807) is 6.20 Å². The van der Waals surface area contributed by atoms with Crippen molar-refractivity contribution in [1.29, 1.82) is 0 Å². The summed E-state index contributed by atoms with van der Waals surface area (Å²) in [6, 6.07) is 0.354. The molecule has 0 aromatic heterocycles. The molecule has 1 aliphatic rings. The highest BCUT2D eigenvalue weighted by atomic mass is 14.9. The lowest BCUT2D eigenvalue weighted by Crippen LogP contribution is -2.29. The lowest BCUT2D eigenvalue weighted by atomic mass is 10.1. The number of nitrogens with one attached hydrogen (secondary N) is 1. The van der Waals surface area contributed by atoms with E-state index in [2.05, 4.69) is 12.2 Å². The molecule has 0 saturated heterocycles. The fraction of sp³-hybridized carbons (Fsp3) is 0.429. The van der Waals surface area contributed by atoms with Crippen LogP contribution in [-0.4, -0.2) is 6.04 Å². The Bertz CT molecular complexity index is 181. The lowest BCUT2D eigenvalue weighted by Gasteiger charge is -2.17. The summed E-state index contributed by atoms with van der Waals surface area (Å²) in [5.41, 5.74) is 12.4. The zero-order chi connectivity index (χ0) is 7.56. The van der Waals surface area contributed by atoms with Gasteiger partial charge < -0.3 is 16.8 Å². The van der Waals surface area contributed by atoms with E-state index < -0.39 is 0 Å². The summed E-state index contributed by atoms with van der Waals surface area (Å²) in [7, 11) is 0. The first-order valence-electron chi connectivity index (χ1n) is 3.43. The molecule has 0 radical (unpaired) electrons. The van der Waals surface area contributed by atoms with Crippen molar-refractivity contribution in [3.63, 3.8) is 0 Å². The molecule has 0 aromatic rings. The van der Waals surface area contributed by atoms with E-state index in [0.29, 0.717) is 17.4 Å². The third-order valence-corrected chi connectivity index (χ3v) is 1.61. The second kappa shape index (κ2) is 2.64. The summed E-state index contributed by atoms with van der Waals surface area (Å²) >= 11 is 0. The first kappa shape index (κ1) is 6.99. The Morgan fingerprint density at radius 2 is 2.20 bits per heavy atom. The van der Waals surface area contributed by atoms with Crippen molar-refractivity contribution >= 4 is 0 Å². The van der Waals surface area contributed by atoms with Crippen molar-refractivity contribution in [1.82, 2.24) is 5.32 Å². The van der Waals surface area contributed by atoms with Gasteiger partial charge in [-0.3, -0.25) is 0 Å². The molecule has 10 heavy (non-hydrogen) atoms. The van der Waals surface area contributed by atoms with Crippen LogP contribution in [-0.2, 0) is 0 Å². The predicted molar refractivity (Wildman–Crippen MR) is 41.8 cm³/mol. The Hall–Kier alpha value is -1.12. The fourth-order valence-electron chi connectivity index (χ4n) is 0.877. The molecule has 1 unspecified atom stereocenters. The van der Waals surface area contributed by atoms with Gasteiger partial charge in [0.15, 0.2) is 0 Å². The van der Waals surface area contributed by atoms with Gasteiger partial charge in [-0.15, -0.1) is 0 Å². The molecule has 1 heterocycles. The van der Waals surface area contributed by atoms with Crippen molar-refractivity contribution in [3.05, 3.63) is 23.7 Å². The van der Waals surface area contributed by atoms with E-state index in [9.17, 15) is 0 Å². The number of rotatable bonds is 1. The Kier molecular flexibility index (Phi) is 1.85. The summed E-state index contributed by atoms with van der Waals surface area (Å²) in [6.07, 6.45) is 4.73.